The van der Waals surface area contributed by atoms with E-state index in [1.807, 2.05) is 0 Å². The van der Waals surface area contributed by atoms with E-state index in [9.17, 15) is 4.79 Å². The molecule has 0 aliphatic heterocycles. The van der Waals surface area contributed by atoms with Crippen molar-refractivity contribution in [2.75, 3.05) is 6.61 Å². The van der Waals surface area contributed by atoms with Crippen molar-refractivity contribution in [1.29, 1.82) is 0 Å². The highest BCUT2D eigenvalue weighted by atomic mass is 16.5. The molecular weight excluding hydrogens is 188 g/mol. The Balaban J connectivity index is 3.16. The minimum Gasteiger partial charge on any atom is -0.466 e. The van der Waals surface area contributed by atoms with Crippen LogP contribution in [0, 0.1) is 5.92 Å². The third-order valence-electron chi connectivity index (χ3n) is 2.62. The Labute approximate surface area is 94.4 Å². The molecule has 0 aromatic heterocycles. The van der Waals surface area contributed by atoms with Crippen molar-refractivity contribution >= 4 is 5.97 Å². The van der Waals surface area contributed by atoms with Crippen molar-refractivity contribution in [3.8, 4) is 0 Å². The topological polar surface area (TPSA) is 26.3 Å². The summed E-state index contributed by atoms with van der Waals surface area (Å²) in [5, 5.41) is 0. The molecule has 2 heteroatoms. The van der Waals surface area contributed by atoms with Crippen LogP contribution in [-0.2, 0) is 9.53 Å². The van der Waals surface area contributed by atoms with Crippen LogP contribution in [0.4, 0.5) is 0 Å². The fourth-order valence-electron chi connectivity index (χ4n) is 1.62. The van der Waals surface area contributed by atoms with Gasteiger partial charge >= 0.3 is 5.97 Å². The SMILES string of the molecule is CCCCCCCC[C@H](C)COC(C)=O. The van der Waals surface area contributed by atoms with Crippen LogP contribution in [0.5, 0.6) is 0 Å². The van der Waals surface area contributed by atoms with Gasteiger partial charge in [-0.1, -0.05) is 52.4 Å². The Morgan fingerprint density at radius 1 is 1.13 bits per heavy atom. The van der Waals surface area contributed by atoms with Gasteiger partial charge in [0.25, 0.3) is 0 Å². The summed E-state index contributed by atoms with van der Waals surface area (Å²) in [4.78, 5) is 10.6. The van der Waals surface area contributed by atoms with Crippen LogP contribution in [0.2, 0.25) is 0 Å². The molecule has 0 N–H and O–H groups in total. The number of unbranched alkanes of at least 4 members (excludes halogenated alkanes) is 5. The van der Waals surface area contributed by atoms with Crippen molar-refractivity contribution in [3.05, 3.63) is 0 Å². The standard InChI is InChI=1S/C13H26O2/c1-4-5-6-7-8-9-10-12(2)11-15-13(3)14/h12H,4-11H2,1-3H3/t12-/m0/s1. The van der Waals surface area contributed by atoms with Crippen LogP contribution in [-0.4, -0.2) is 12.6 Å². The Hall–Kier alpha value is -0.530. The van der Waals surface area contributed by atoms with Crippen LogP contribution in [0.15, 0.2) is 0 Å². The summed E-state index contributed by atoms with van der Waals surface area (Å²) in [5.41, 5.74) is 0. The van der Waals surface area contributed by atoms with Crippen molar-refractivity contribution in [2.24, 2.45) is 5.92 Å². The minimum atomic E-state index is -0.162. The molecule has 0 unspecified atom stereocenters. The average Bonchev–Trinajstić information content (AvgIpc) is 2.20. The van der Waals surface area contributed by atoms with Crippen molar-refractivity contribution in [1.82, 2.24) is 0 Å². The van der Waals surface area contributed by atoms with Crippen LogP contribution >= 0.6 is 0 Å². The van der Waals surface area contributed by atoms with E-state index in [2.05, 4.69) is 13.8 Å². The number of rotatable bonds is 9. The fourth-order valence-corrected chi connectivity index (χ4v) is 1.62. The van der Waals surface area contributed by atoms with Gasteiger partial charge in [-0.3, -0.25) is 4.79 Å². The fraction of sp³-hybridized carbons (Fsp3) is 0.923. The maximum Gasteiger partial charge on any atom is 0.302 e. The number of hydrogen-bond donors (Lipinski definition) is 0. The van der Waals surface area contributed by atoms with Gasteiger partial charge in [0.2, 0.25) is 0 Å². The monoisotopic (exact) mass is 214 g/mol. The highest BCUT2D eigenvalue weighted by Gasteiger charge is 2.03. The zero-order valence-electron chi connectivity index (χ0n) is 10.6. The third kappa shape index (κ3) is 11.4. The van der Waals surface area contributed by atoms with Crippen LogP contribution in [0.1, 0.15) is 65.7 Å². The molecule has 15 heavy (non-hydrogen) atoms. The molecule has 0 aromatic carbocycles. The van der Waals surface area contributed by atoms with Crippen LogP contribution < -0.4 is 0 Å². The lowest BCUT2D eigenvalue weighted by atomic mass is 10.0. The molecule has 0 radical (unpaired) electrons. The molecule has 0 aliphatic rings. The molecule has 0 spiro atoms. The Morgan fingerprint density at radius 3 is 2.33 bits per heavy atom. The Bertz CT molecular complexity index is 155. The highest BCUT2D eigenvalue weighted by Crippen LogP contribution is 2.12. The molecule has 1 atom stereocenters. The predicted molar refractivity (Wildman–Crippen MR) is 63.8 cm³/mol. The van der Waals surface area contributed by atoms with Gasteiger partial charge in [-0.05, 0) is 12.3 Å². The lowest BCUT2D eigenvalue weighted by Crippen LogP contribution is -2.09. The number of carbonyl (C=O) groups is 1. The van der Waals surface area contributed by atoms with E-state index in [0.29, 0.717) is 12.5 Å². The van der Waals surface area contributed by atoms with Gasteiger partial charge in [-0.2, -0.15) is 0 Å². The molecule has 0 heterocycles. The quantitative estimate of drug-likeness (QED) is 0.429. The van der Waals surface area contributed by atoms with Crippen molar-refractivity contribution in [2.45, 2.75) is 65.7 Å². The van der Waals surface area contributed by atoms with Gasteiger partial charge in [-0.15, -0.1) is 0 Å². The molecule has 0 aromatic rings. The summed E-state index contributed by atoms with van der Waals surface area (Å²) in [6.45, 7) is 6.44. The molecule has 0 saturated heterocycles. The number of hydrogen-bond acceptors (Lipinski definition) is 2. The molecule has 2 nitrogen and oxygen atoms in total. The van der Waals surface area contributed by atoms with Gasteiger partial charge in [0.05, 0.1) is 6.61 Å². The van der Waals surface area contributed by atoms with Crippen LogP contribution in [0.3, 0.4) is 0 Å². The molecule has 0 amide bonds. The summed E-state index contributed by atoms with van der Waals surface area (Å²) >= 11 is 0. The lowest BCUT2D eigenvalue weighted by Gasteiger charge is -2.10. The maximum atomic E-state index is 10.6. The van der Waals surface area contributed by atoms with Gasteiger partial charge in [0.1, 0.15) is 0 Å². The first-order valence-corrected chi connectivity index (χ1v) is 6.30. The Morgan fingerprint density at radius 2 is 1.73 bits per heavy atom. The first-order valence-electron chi connectivity index (χ1n) is 6.30. The van der Waals surface area contributed by atoms with E-state index < -0.39 is 0 Å². The number of ether oxygens (including phenoxy) is 1. The molecule has 0 aliphatic carbocycles. The summed E-state index contributed by atoms with van der Waals surface area (Å²) in [6.07, 6.45) is 9.17. The largest absolute Gasteiger partial charge is 0.466 e. The van der Waals surface area contributed by atoms with Gasteiger partial charge in [0, 0.05) is 6.92 Å². The first kappa shape index (κ1) is 14.5. The molecule has 0 rings (SSSR count). The van der Waals surface area contributed by atoms with Gasteiger partial charge < -0.3 is 4.74 Å². The zero-order chi connectivity index (χ0) is 11.5. The summed E-state index contributed by atoms with van der Waals surface area (Å²) < 4.78 is 4.96. The maximum absolute atomic E-state index is 10.6. The summed E-state index contributed by atoms with van der Waals surface area (Å²) in [5.74, 6) is 0.352. The zero-order valence-corrected chi connectivity index (χ0v) is 10.6. The lowest BCUT2D eigenvalue weighted by molar-refractivity contribution is -0.142. The second-order valence-electron chi connectivity index (χ2n) is 4.46. The van der Waals surface area contributed by atoms with Crippen molar-refractivity contribution in [3.63, 3.8) is 0 Å². The molecule has 90 valence electrons. The molecule has 0 bridgehead atoms. The van der Waals surface area contributed by atoms with E-state index in [1.165, 1.54) is 51.9 Å². The van der Waals surface area contributed by atoms with E-state index in [1.54, 1.807) is 0 Å². The number of carbonyl (C=O) groups excluding carboxylic acids is 1. The van der Waals surface area contributed by atoms with E-state index in [-0.39, 0.29) is 5.97 Å². The van der Waals surface area contributed by atoms with E-state index in [4.69, 9.17) is 4.74 Å². The van der Waals surface area contributed by atoms with E-state index >= 15 is 0 Å². The van der Waals surface area contributed by atoms with E-state index in [0.717, 1.165) is 0 Å². The number of esters is 1. The summed E-state index contributed by atoms with van der Waals surface area (Å²) in [7, 11) is 0. The smallest absolute Gasteiger partial charge is 0.302 e. The summed E-state index contributed by atoms with van der Waals surface area (Å²) in [6, 6.07) is 0. The second-order valence-corrected chi connectivity index (χ2v) is 4.46. The van der Waals surface area contributed by atoms with Crippen LogP contribution in [0.25, 0.3) is 0 Å². The highest BCUT2D eigenvalue weighted by molar-refractivity contribution is 5.65. The average molecular weight is 214 g/mol. The molecule has 0 saturated carbocycles. The second kappa shape index (κ2) is 10.0. The molecular formula is C13H26O2. The Kier molecular flexibility index (Phi) is 9.65. The third-order valence-corrected chi connectivity index (χ3v) is 2.62. The van der Waals surface area contributed by atoms with Gasteiger partial charge in [0.15, 0.2) is 0 Å². The molecule has 0 fully saturated rings. The van der Waals surface area contributed by atoms with Gasteiger partial charge in [-0.25, -0.2) is 0 Å². The predicted octanol–water partition coefficient (Wildman–Crippen LogP) is 3.94. The first-order chi connectivity index (χ1) is 7.16. The van der Waals surface area contributed by atoms with Crippen molar-refractivity contribution < 1.29 is 9.53 Å². The normalized spacial score (nSPS) is 12.5. The minimum absolute atomic E-state index is 0.162.